The molecular formula is C50H99N2+. The molecule has 1 rings (SSSR count). The molecule has 0 amide bonds. The fourth-order valence-corrected chi connectivity index (χ4v) is 8.45. The highest BCUT2D eigenvalue weighted by Crippen LogP contribution is 2.17. The van der Waals surface area contributed by atoms with E-state index < -0.39 is 0 Å². The number of aryl methyl sites for hydroxylation is 2. The van der Waals surface area contributed by atoms with Gasteiger partial charge in [-0.05, 0) is 32.1 Å². The van der Waals surface area contributed by atoms with Gasteiger partial charge in [0.05, 0.1) is 13.1 Å². The van der Waals surface area contributed by atoms with Crippen LogP contribution >= 0.6 is 0 Å². The molecule has 2 heteroatoms. The van der Waals surface area contributed by atoms with Crippen molar-refractivity contribution in [3.63, 3.8) is 0 Å². The Bertz CT molecular complexity index is 796. The van der Waals surface area contributed by atoms with E-state index in [4.69, 9.17) is 0 Å². The van der Waals surface area contributed by atoms with Crippen LogP contribution in [0.15, 0.2) is 12.4 Å². The van der Waals surface area contributed by atoms with Crippen LogP contribution in [-0.4, -0.2) is 4.57 Å². The summed E-state index contributed by atoms with van der Waals surface area (Å²) in [6, 6.07) is 0. The zero-order valence-electron chi connectivity index (χ0n) is 36.7. The largest absolute Gasteiger partial charge is 0.256 e. The maximum absolute atomic E-state index is 2.66. The molecule has 0 saturated heterocycles. The van der Waals surface area contributed by atoms with Crippen LogP contribution in [0.3, 0.4) is 0 Å². The number of aromatic nitrogens is 2. The van der Waals surface area contributed by atoms with E-state index in [0.717, 1.165) is 0 Å². The number of hydrogen-bond acceptors (Lipinski definition) is 0. The standard InChI is InChI=1S/C50H99N2/c1-4-7-10-13-16-19-21-23-25-26-27-29-31-33-36-39-42-45-50-51(46-43-40-37-34-18-15-12-9-6-3)48-49-52(50)47-44-41-38-35-32-30-28-24-22-20-17-14-11-8-5-2/h48-49H,4-47H2,1-3H3/q+1. The Balaban J connectivity index is 2.22. The highest BCUT2D eigenvalue weighted by Gasteiger charge is 2.16. The van der Waals surface area contributed by atoms with Crippen molar-refractivity contribution in [2.45, 2.75) is 304 Å². The summed E-state index contributed by atoms with van der Waals surface area (Å²) in [5.41, 5.74) is 0. The third kappa shape index (κ3) is 32.6. The van der Waals surface area contributed by atoms with E-state index in [2.05, 4.69) is 42.3 Å². The lowest BCUT2D eigenvalue weighted by molar-refractivity contribution is -0.704. The molecule has 1 aromatic rings. The molecule has 0 radical (unpaired) electrons. The highest BCUT2D eigenvalue weighted by molar-refractivity contribution is 4.84. The van der Waals surface area contributed by atoms with E-state index >= 15 is 0 Å². The van der Waals surface area contributed by atoms with Crippen molar-refractivity contribution in [2.75, 3.05) is 0 Å². The van der Waals surface area contributed by atoms with Gasteiger partial charge in [-0.25, -0.2) is 9.13 Å². The number of nitrogens with zero attached hydrogens (tertiary/aromatic N) is 2. The van der Waals surface area contributed by atoms with Crippen molar-refractivity contribution < 1.29 is 4.57 Å². The molecule has 308 valence electrons. The van der Waals surface area contributed by atoms with Crippen LogP contribution in [0.1, 0.15) is 290 Å². The average molecular weight is 728 g/mol. The lowest BCUT2D eigenvalue weighted by Crippen LogP contribution is -2.37. The summed E-state index contributed by atoms with van der Waals surface area (Å²) in [5.74, 6) is 1.63. The van der Waals surface area contributed by atoms with Crippen LogP contribution in [0.25, 0.3) is 0 Å². The third-order valence-corrected chi connectivity index (χ3v) is 12.1. The van der Waals surface area contributed by atoms with Crippen LogP contribution in [0, 0.1) is 0 Å². The molecule has 0 unspecified atom stereocenters. The molecule has 0 spiro atoms. The summed E-state index contributed by atoms with van der Waals surface area (Å²) in [5, 5.41) is 0. The number of unbranched alkanes of at least 4 members (excludes halogenated alkanes) is 38. The van der Waals surface area contributed by atoms with Gasteiger partial charge in [0, 0.05) is 6.42 Å². The molecule has 1 heterocycles. The molecule has 1 aromatic heterocycles. The van der Waals surface area contributed by atoms with Gasteiger partial charge < -0.3 is 0 Å². The van der Waals surface area contributed by atoms with Crippen molar-refractivity contribution in [2.24, 2.45) is 0 Å². The van der Waals surface area contributed by atoms with Crippen molar-refractivity contribution in [1.29, 1.82) is 0 Å². The average Bonchev–Trinajstić information content (AvgIpc) is 3.54. The lowest BCUT2D eigenvalue weighted by Gasteiger charge is -2.07. The third-order valence-electron chi connectivity index (χ3n) is 12.1. The number of rotatable bonds is 44. The van der Waals surface area contributed by atoms with Crippen molar-refractivity contribution in [1.82, 2.24) is 4.57 Å². The Hall–Kier alpha value is -0.790. The predicted molar refractivity (Wildman–Crippen MR) is 235 cm³/mol. The van der Waals surface area contributed by atoms with Gasteiger partial charge in [0.2, 0.25) is 0 Å². The van der Waals surface area contributed by atoms with Gasteiger partial charge in [0.15, 0.2) is 0 Å². The van der Waals surface area contributed by atoms with Crippen LogP contribution in [-0.2, 0) is 19.5 Å². The van der Waals surface area contributed by atoms with E-state index in [1.165, 1.54) is 283 Å². The van der Waals surface area contributed by atoms with Gasteiger partial charge in [0.25, 0.3) is 5.82 Å². The topological polar surface area (TPSA) is 8.81 Å². The fourth-order valence-electron chi connectivity index (χ4n) is 8.45. The molecule has 0 aromatic carbocycles. The second kappa shape index (κ2) is 41.4. The zero-order chi connectivity index (χ0) is 37.3. The smallest absolute Gasteiger partial charge is 0.234 e. The van der Waals surface area contributed by atoms with Gasteiger partial charge in [-0.3, -0.25) is 0 Å². The minimum atomic E-state index is 1.23. The fraction of sp³-hybridized carbons (Fsp3) is 0.940. The predicted octanol–water partition coefficient (Wildman–Crippen LogP) is 17.4. The van der Waals surface area contributed by atoms with E-state index in [-0.39, 0.29) is 0 Å². The Morgan fingerprint density at radius 2 is 0.596 bits per heavy atom. The molecular weight excluding hydrogens is 629 g/mol. The quantitative estimate of drug-likeness (QED) is 0.0467. The van der Waals surface area contributed by atoms with E-state index in [9.17, 15) is 0 Å². The summed E-state index contributed by atoms with van der Waals surface area (Å²) < 4.78 is 5.31. The Labute approximate surface area is 329 Å². The first kappa shape index (κ1) is 49.2. The normalized spacial score (nSPS) is 11.7. The molecule has 0 bridgehead atoms. The maximum Gasteiger partial charge on any atom is 0.256 e. The van der Waals surface area contributed by atoms with Crippen LogP contribution in [0.5, 0.6) is 0 Å². The van der Waals surface area contributed by atoms with Gasteiger partial charge in [-0.15, -0.1) is 0 Å². The Morgan fingerprint density at radius 3 is 0.923 bits per heavy atom. The van der Waals surface area contributed by atoms with Gasteiger partial charge >= 0.3 is 0 Å². The first-order valence-corrected chi connectivity index (χ1v) is 24.9. The SMILES string of the molecule is CCCCCCCCCCCCCCCCCCCc1n(CCCCCCCCCCCCCCCCC)cc[n+]1CCCCCCCCCCC. The summed E-state index contributed by atoms with van der Waals surface area (Å²) in [7, 11) is 0. The van der Waals surface area contributed by atoms with Crippen molar-refractivity contribution in [3.8, 4) is 0 Å². The second-order valence-corrected chi connectivity index (χ2v) is 17.3. The molecule has 0 aliphatic heterocycles. The minimum absolute atomic E-state index is 1.23. The van der Waals surface area contributed by atoms with Crippen molar-refractivity contribution in [3.05, 3.63) is 18.2 Å². The zero-order valence-corrected chi connectivity index (χ0v) is 36.7. The first-order valence-electron chi connectivity index (χ1n) is 24.9. The minimum Gasteiger partial charge on any atom is -0.234 e. The molecule has 0 aliphatic carbocycles. The monoisotopic (exact) mass is 728 g/mol. The summed E-state index contributed by atoms with van der Waals surface area (Å²) in [4.78, 5) is 0. The molecule has 0 atom stereocenters. The van der Waals surface area contributed by atoms with E-state index in [0.29, 0.717) is 0 Å². The molecule has 0 fully saturated rings. The maximum atomic E-state index is 2.66. The van der Waals surface area contributed by atoms with E-state index in [1.807, 2.05) is 0 Å². The highest BCUT2D eigenvalue weighted by atomic mass is 15.1. The van der Waals surface area contributed by atoms with Crippen LogP contribution < -0.4 is 4.57 Å². The Kier molecular flexibility index (Phi) is 39.2. The van der Waals surface area contributed by atoms with Crippen LogP contribution in [0.4, 0.5) is 0 Å². The molecule has 0 saturated carbocycles. The van der Waals surface area contributed by atoms with Gasteiger partial charge in [-0.2, -0.15) is 0 Å². The number of hydrogen-bond donors (Lipinski definition) is 0. The molecule has 0 aliphatic rings. The molecule has 2 nitrogen and oxygen atoms in total. The van der Waals surface area contributed by atoms with Gasteiger partial charge in [-0.1, -0.05) is 252 Å². The lowest BCUT2D eigenvalue weighted by atomic mass is 10.0. The van der Waals surface area contributed by atoms with Gasteiger partial charge in [0.1, 0.15) is 12.4 Å². The summed E-state index contributed by atoms with van der Waals surface area (Å²) in [6.07, 6.45) is 65.3. The number of imidazole rings is 1. The Morgan fingerprint density at radius 1 is 0.327 bits per heavy atom. The van der Waals surface area contributed by atoms with E-state index in [1.54, 1.807) is 5.82 Å². The molecule has 0 N–H and O–H groups in total. The molecule has 52 heavy (non-hydrogen) atoms. The van der Waals surface area contributed by atoms with Crippen molar-refractivity contribution >= 4 is 0 Å². The second-order valence-electron chi connectivity index (χ2n) is 17.3. The summed E-state index contributed by atoms with van der Waals surface area (Å²) >= 11 is 0. The first-order chi connectivity index (χ1) is 25.8. The van der Waals surface area contributed by atoms with Crippen LogP contribution in [0.2, 0.25) is 0 Å². The summed E-state index contributed by atoms with van der Waals surface area (Å²) in [6.45, 7) is 9.42.